The minimum absolute atomic E-state index is 0.00841. The van der Waals surface area contributed by atoms with Crippen molar-refractivity contribution in [1.82, 2.24) is 4.90 Å². The fourth-order valence-electron chi connectivity index (χ4n) is 3.46. The summed E-state index contributed by atoms with van der Waals surface area (Å²) >= 11 is 6.12. The van der Waals surface area contributed by atoms with Gasteiger partial charge in [0.1, 0.15) is 0 Å². The highest BCUT2D eigenvalue weighted by atomic mass is 35.5. The molecular weight excluding hydrogens is 320 g/mol. The zero-order chi connectivity index (χ0) is 17.1. The van der Waals surface area contributed by atoms with E-state index in [1.54, 1.807) is 0 Å². The maximum atomic E-state index is 12.4. The molecule has 4 heteroatoms. The van der Waals surface area contributed by atoms with Crippen molar-refractivity contribution in [2.75, 3.05) is 18.9 Å². The summed E-state index contributed by atoms with van der Waals surface area (Å²) in [5, 5.41) is 3.65. The molecule has 1 N–H and O–H groups in total. The van der Waals surface area contributed by atoms with Crippen molar-refractivity contribution >= 4 is 23.2 Å². The molecule has 0 bridgehead atoms. The van der Waals surface area contributed by atoms with Crippen LogP contribution >= 0.6 is 11.6 Å². The molecule has 24 heavy (non-hydrogen) atoms. The summed E-state index contributed by atoms with van der Waals surface area (Å²) in [4.78, 5) is 14.6. The van der Waals surface area contributed by atoms with Crippen LogP contribution in [0.3, 0.4) is 0 Å². The molecule has 3 rings (SSSR count). The topological polar surface area (TPSA) is 32.3 Å². The summed E-state index contributed by atoms with van der Waals surface area (Å²) in [6.45, 7) is 2.28. The van der Waals surface area contributed by atoms with Crippen molar-refractivity contribution in [3.63, 3.8) is 0 Å². The quantitative estimate of drug-likeness (QED) is 0.880. The minimum atomic E-state index is -0.00841. The molecule has 0 fully saturated rings. The van der Waals surface area contributed by atoms with Crippen LogP contribution in [0, 0.1) is 6.92 Å². The smallest absolute Gasteiger partial charge is 0.238 e. The summed E-state index contributed by atoms with van der Waals surface area (Å²) in [5.41, 5.74) is 4.45. The van der Waals surface area contributed by atoms with E-state index >= 15 is 0 Å². The number of halogens is 1. The fourth-order valence-corrected chi connectivity index (χ4v) is 3.63. The van der Waals surface area contributed by atoms with E-state index < -0.39 is 0 Å². The van der Waals surface area contributed by atoms with Crippen molar-refractivity contribution in [1.29, 1.82) is 0 Å². The van der Waals surface area contributed by atoms with Crippen molar-refractivity contribution in [2.24, 2.45) is 0 Å². The number of aryl methyl sites for hydroxylation is 1. The van der Waals surface area contributed by atoms with E-state index in [0.29, 0.717) is 17.6 Å². The van der Waals surface area contributed by atoms with E-state index in [-0.39, 0.29) is 5.91 Å². The number of carbonyl (C=O) groups excluding carboxylic acids is 1. The molecule has 0 heterocycles. The Labute approximate surface area is 148 Å². The first-order chi connectivity index (χ1) is 11.6. The maximum absolute atomic E-state index is 12.4. The molecule has 2 aromatic rings. The molecule has 0 aliphatic heterocycles. The van der Waals surface area contributed by atoms with Gasteiger partial charge in [-0.2, -0.15) is 0 Å². The Bertz CT molecular complexity index is 744. The molecule has 0 saturated heterocycles. The number of hydrogen-bond acceptors (Lipinski definition) is 2. The summed E-state index contributed by atoms with van der Waals surface area (Å²) in [7, 11) is 2.02. The summed E-state index contributed by atoms with van der Waals surface area (Å²) in [6, 6.07) is 14.4. The second-order valence-electron chi connectivity index (χ2n) is 6.48. The first kappa shape index (κ1) is 17.0. The molecular formula is C20H23ClN2O. The zero-order valence-electron chi connectivity index (χ0n) is 14.2. The molecule has 1 amide bonds. The molecule has 0 saturated carbocycles. The molecule has 2 aromatic carbocycles. The van der Waals surface area contributed by atoms with E-state index in [1.807, 2.05) is 32.2 Å². The second kappa shape index (κ2) is 7.37. The Morgan fingerprint density at radius 2 is 2.04 bits per heavy atom. The Morgan fingerprint density at radius 3 is 2.88 bits per heavy atom. The number of benzene rings is 2. The fraction of sp³-hybridized carbons (Fsp3) is 0.350. The molecule has 1 aliphatic carbocycles. The molecule has 1 aliphatic rings. The van der Waals surface area contributed by atoms with Crippen molar-refractivity contribution < 1.29 is 4.79 Å². The highest BCUT2D eigenvalue weighted by Gasteiger charge is 2.24. The van der Waals surface area contributed by atoms with E-state index in [2.05, 4.69) is 34.5 Å². The maximum Gasteiger partial charge on any atom is 0.238 e. The summed E-state index contributed by atoms with van der Waals surface area (Å²) < 4.78 is 0. The van der Waals surface area contributed by atoms with Gasteiger partial charge in [-0.1, -0.05) is 41.9 Å². The Balaban J connectivity index is 1.68. The first-order valence-electron chi connectivity index (χ1n) is 8.39. The number of hydrogen-bond donors (Lipinski definition) is 1. The third kappa shape index (κ3) is 3.63. The number of nitrogens with one attached hydrogen (secondary N) is 1. The molecule has 3 nitrogen and oxygen atoms in total. The van der Waals surface area contributed by atoms with Crippen LogP contribution in [0.4, 0.5) is 5.69 Å². The van der Waals surface area contributed by atoms with Crippen LogP contribution in [0.15, 0.2) is 42.5 Å². The average molecular weight is 343 g/mol. The molecule has 0 spiro atoms. The first-order valence-corrected chi connectivity index (χ1v) is 8.77. The largest absolute Gasteiger partial charge is 0.325 e. The zero-order valence-corrected chi connectivity index (χ0v) is 14.9. The molecule has 0 radical (unpaired) electrons. The van der Waals surface area contributed by atoms with E-state index in [0.717, 1.165) is 24.1 Å². The predicted octanol–water partition coefficient (Wildman–Crippen LogP) is 4.60. The number of amides is 1. The van der Waals surface area contributed by atoms with Gasteiger partial charge in [0.25, 0.3) is 0 Å². The highest BCUT2D eigenvalue weighted by molar-refractivity contribution is 6.31. The lowest BCUT2D eigenvalue weighted by molar-refractivity contribution is -0.117. The van der Waals surface area contributed by atoms with E-state index in [4.69, 9.17) is 11.6 Å². The van der Waals surface area contributed by atoms with Gasteiger partial charge in [0, 0.05) is 16.8 Å². The number of likely N-dealkylation sites (N-methyl/N-ethyl adjacent to an activating group) is 1. The summed E-state index contributed by atoms with van der Waals surface area (Å²) in [5.74, 6) is -0.00841. The second-order valence-corrected chi connectivity index (χ2v) is 6.89. The Morgan fingerprint density at radius 1 is 1.25 bits per heavy atom. The summed E-state index contributed by atoms with van der Waals surface area (Å²) in [6.07, 6.45) is 3.40. The van der Waals surface area contributed by atoms with Crippen molar-refractivity contribution in [3.05, 3.63) is 64.2 Å². The lowest BCUT2D eigenvalue weighted by Crippen LogP contribution is -2.35. The van der Waals surface area contributed by atoms with Gasteiger partial charge >= 0.3 is 0 Å². The Hall–Kier alpha value is -1.84. The van der Waals surface area contributed by atoms with Crippen molar-refractivity contribution in [2.45, 2.75) is 32.2 Å². The monoisotopic (exact) mass is 342 g/mol. The van der Waals surface area contributed by atoms with Crippen LogP contribution in [0.1, 0.15) is 35.6 Å². The highest BCUT2D eigenvalue weighted by Crippen LogP contribution is 2.33. The Kier molecular flexibility index (Phi) is 5.22. The van der Waals surface area contributed by atoms with Crippen LogP contribution < -0.4 is 5.32 Å². The van der Waals surface area contributed by atoms with Crippen LogP contribution in [-0.2, 0) is 11.2 Å². The SMILES string of the molecule is Cc1c(Cl)cccc1NC(=O)CN(C)[C@H]1CCCc2ccccc21. The van der Waals surface area contributed by atoms with Crippen LogP contribution in [0.5, 0.6) is 0 Å². The molecule has 0 aromatic heterocycles. The predicted molar refractivity (Wildman–Crippen MR) is 99.6 cm³/mol. The third-order valence-corrected chi connectivity index (χ3v) is 5.21. The van der Waals surface area contributed by atoms with Gasteiger partial charge in [-0.3, -0.25) is 9.69 Å². The van der Waals surface area contributed by atoms with Gasteiger partial charge in [-0.25, -0.2) is 0 Å². The van der Waals surface area contributed by atoms with Crippen LogP contribution in [-0.4, -0.2) is 24.4 Å². The van der Waals surface area contributed by atoms with Crippen LogP contribution in [0.25, 0.3) is 0 Å². The van der Waals surface area contributed by atoms with Crippen molar-refractivity contribution in [3.8, 4) is 0 Å². The van der Waals surface area contributed by atoms with Gasteiger partial charge in [0.2, 0.25) is 5.91 Å². The van der Waals surface area contributed by atoms with Gasteiger partial charge in [0.15, 0.2) is 0 Å². The van der Waals surface area contributed by atoms with Crippen LogP contribution in [0.2, 0.25) is 5.02 Å². The lowest BCUT2D eigenvalue weighted by atomic mass is 9.87. The number of fused-ring (bicyclic) bond motifs is 1. The van der Waals surface area contributed by atoms with E-state index in [9.17, 15) is 4.79 Å². The van der Waals surface area contributed by atoms with Gasteiger partial charge in [-0.05, 0) is 62.1 Å². The number of anilines is 1. The molecule has 0 unspecified atom stereocenters. The minimum Gasteiger partial charge on any atom is -0.325 e. The standard InChI is InChI=1S/C20H23ClN2O/c1-14-17(21)10-6-11-18(14)22-20(24)13-23(2)19-12-5-8-15-7-3-4-9-16(15)19/h3-4,6-7,9-11,19H,5,8,12-13H2,1-2H3,(H,22,24)/t19-/m0/s1. The lowest BCUT2D eigenvalue weighted by Gasteiger charge is -2.32. The number of rotatable bonds is 4. The van der Waals surface area contributed by atoms with Gasteiger partial charge in [-0.15, -0.1) is 0 Å². The van der Waals surface area contributed by atoms with Gasteiger partial charge < -0.3 is 5.32 Å². The molecule has 126 valence electrons. The third-order valence-electron chi connectivity index (χ3n) is 4.80. The molecule has 1 atom stereocenters. The van der Waals surface area contributed by atoms with Gasteiger partial charge in [0.05, 0.1) is 6.54 Å². The average Bonchev–Trinajstić information content (AvgIpc) is 2.58. The van der Waals surface area contributed by atoms with E-state index in [1.165, 1.54) is 17.5 Å². The number of nitrogens with zero attached hydrogens (tertiary/aromatic N) is 1. The number of carbonyl (C=O) groups is 1. The normalized spacial score (nSPS) is 16.8.